The fraction of sp³-hybridized carbons (Fsp3) is 0.391. The number of piperazine rings is 1. The van der Waals surface area contributed by atoms with Gasteiger partial charge in [-0.3, -0.25) is 4.90 Å². The van der Waals surface area contributed by atoms with Crippen LogP contribution >= 0.6 is 12.2 Å². The van der Waals surface area contributed by atoms with E-state index in [4.69, 9.17) is 12.2 Å². The van der Waals surface area contributed by atoms with Crippen molar-refractivity contribution in [2.45, 2.75) is 31.3 Å². The number of nitrogens with zero attached hydrogens (tertiary/aromatic N) is 5. The first kappa shape index (κ1) is 23.7. The van der Waals surface area contributed by atoms with E-state index in [0.29, 0.717) is 53.9 Å². The zero-order chi connectivity index (χ0) is 23.6. The first-order valence-corrected chi connectivity index (χ1v) is 12.9. The Kier molecular flexibility index (Phi) is 7.08. The highest BCUT2D eigenvalue weighted by molar-refractivity contribution is 7.89. The molecule has 2 aromatic carbocycles. The molecule has 7 nitrogen and oxygen atoms in total. The van der Waals surface area contributed by atoms with Crippen LogP contribution in [0.2, 0.25) is 0 Å². The maximum Gasteiger partial charge on any atom is 0.243 e. The molecule has 4 rings (SSSR count). The second-order valence-corrected chi connectivity index (χ2v) is 10.5. The predicted molar refractivity (Wildman–Crippen MR) is 128 cm³/mol. The molecule has 3 aromatic rings. The molecule has 10 heteroatoms. The molecule has 0 atom stereocenters. The summed E-state index contributed by atoms with van der Waals surface area (Å²) in [5.41, 5.74) is 1.54. The number of hydrogen-bond donors (Lipinski definition) is 0. The number of hydrogen-bond acceptors (Lipinski definition) is 5. The highest BCUT2D eigenvalue weighted by Gasteiger charge is 2.29. The van der Waals surface area contributed by atoms with Gasteiger partial charge in [0.15, 0.2) is 10.6 Å². The van der Waals surface area contributed by atoms with E-state index in [1.807, 2.05) is 12.1 Å². The van der Waals surface area contributed by atoms with Gasteiger partial charge >= 0.3 is 0 Å². The topological polar surface area (TPSA) is 63.4 Å². The van der Waals surface area contributed by atoms with Crippen molar-refractivity contribution < 1.29 is 12.8 Å². The Balaban J connectivity index is 1.43. The van der Waals surface area contributed by atoms with E-state index in [1.165, 1.54) is 10.4 Å². The third-order valence-corrected chi connectivity index (χ3v) is 8.32. The van der Waals surface area contributed by atoms with Crippen LogP contribution in [0.25, 0.3) is 11.4 Å². The van der Waals surface area contributed by atoms with Gasteiger partial charge in [-0.15, -0.1) is 0 Å². The van der Waals surface area contributed by atoms with Crippen LogP contribution in [-0.2, 0) is 30.2 Å². The summed E-state index contributed by atoms with van der Waals surface area (Å²) in [5.74, 6) is 0.111. The van der Waals surface area contributed by atoms with Gasteiger partial charge < -0.3 is 4.57 Å². The molecule has 0 radical (unpaired) electrons. The molecule has 0 unspecified atom stereocenters. The second kappa shape index (κ2) is 9.84. The highest BCUT2D eigenvalue weighted by Crippen LogP contribution is 2.22. The van der Waals surface area contributed by atoms with E-state index >= 15 is 0 Å². The predicted octanol–water partition coefficient (Wildman–Crippen LogP) is 3.67. The van der Waals surface area contributed by atoms with Crippen LogP contribution in [0.5, 0.6) is 0 Å². The fourth-order valence-electron chi connectivity index (χ4n) is 4.02. The molecule has 1 aliphatic heterocycles. The minimum absolute atomic E-state index is 0.331. The lowest BCUT2D eigenvalue weighted by atomic mass is 10.1. The molecule has 2 heterocycles. The van der Waals surface area contributed by atoms with Crippen molar-refractivity contribution in [3.63, 3.8) is 0 Å². The zero-order valence-corrected chi connectivity index (χ0v) is 20.4. The molecule has 176 valence electrons. The second-order valence-electron chi connectivity index (χ2n) is 8.20. The summed E-state index contributed by atoms with van der Waals surface area (Å²) in [4.78, 5) is 2.43. The maximum absolute atomic E-state index is 14.2. The van der Waals surface area contributed by atoms with Gasteiger partial charge in [-0.1, -0.05) is 37.6 Å². The van der Waals surface area contributed by atoms with Crippen molar-refractivity contribution >= 4 is 22.2 Å². The standard InChI is InChI=1S/C23H28FN5O2S2/c1-3-6-18-9-11-19(12-10-18)33(30,31)28-15-13-27(14-16-28)17-29-23(32)26(2)22(25-29)20-7-4-5-8-21(20)24/h4-5,7-12H,3,6,13-17H2,1-2H3. The van der Waals surface area contributed by atoms with E-state index in [0.717, 1.165) is 18.4 Å². The molecule has 1 aliphatic rings. The number of aryl methyl sites for hydroxylation is 1. The van der Waals surface area contributed by atoms with Gasteiger partial charge in [0.2, 0.25) is 10.0 Å². The Hall–Kier alpha value is -2.40. The highest BCUT2D eigenvalue weighted by atomic mass is 32.2. The number of sulfonamides is 1. The number of benzene rings is 2. The summed E-state index contributed by atoms with van der Waals surface area (Å²) < 4.78 is 45.7. The minimum Gasteiger partial charge on any atom is -0.303 e. The fourth-order valence-corrected chi connectivity index (χ4v) is 5.63. The van der Waals surface area contributed by atoms with Crippen LogP contribution in [0.15, 0.2) is 53.4 Å². The van der Waals surface area contributed by atoms with Crippen molar-refractivity contribution in [2.24, 2.45) is 7.05 Å². The number of rotatable bonds is 7. The van der Waals surface area contributed by atoms with Crippen molar-refractivity contribution in [1.29, 1.82) is 0 Å². The van der Waals surface area contributed by atoms with Gasteiger partial charge in [-0.2, -0.15) is 9.40 Å². The first-order chi connectivity index (χ1) is 15.8. The van der Waals surface area contributed by atoms with Crippen molar-refractivity contribution in [3.05, 3.63) is 64.7 Å². The van der Waals surface area contributed by atoms with Crippen LogP contribution in [0.4, 0.5) is 4.39 Å². The van der Waals surface area contributed by atoms with E-state index in [-0.39, 0.29) is 5.82 Å². The Bertz CT molecular complexity index is 1280. The zero-order valence-electron chi connectivity index (χ0n) is 18.8. The third-order valence-electron chi connectivity index (χ3n) is 5.92. The Morgan fingerprint density at radius 1 is 1.03 bits per heavy atom. The summed E-state index contributed by atoms with van der Waals surface area (Å²) in [6.45, 7) is 4.41. The van der Waals surface area contributed by atoms with Crippen LogP contribution < -0.4 is 0 Å². The normalized spacial score (nSPS) is 15.7. The van der Waals surface area contributed by atoms with E-state index in [9.17, 15) is 12.8 Å². The van der Waals surface area contributed by atoms with E-state index in [2.05, 4.69) is 16.9 Å². The van der Waals surface area contributed by atoms with E-state index in [1.54, 1.807) is 46.6 Å². The molecule has 0 N–H and O–H groups in total. The Labute approximate surface area is 199 Å². The maximum atomic E-state index is 14.2. The molecular formula is C23H28FN5O2S2. The molecular weight excluding hydrogens is 461 g/mol. The van der Waals surface area contributed by atoms with Crippen molar-refractivity contribution in [2.75, 3.05) is 26.2 Å². The van der Waals surface area contributed by atoms with Crippen LogP contribution in [-0.4, -0.2) is 58.1 Å². The summed E-state index contributed by atoms with van der Waals surface area (Å²) in [7, 11) is -1.76. The lowest BCUT2D eigenvalue weighted by Crippen LogP contribution is -2.48. The monoisotopic (exact) mass is 489 g/mol. The summed E-state index contributed by atoms with van der Waals surface area (Å²) in [6.07, 6.45) is 1.96. The summed E-state index contributed by atoms with van der Waals surface area (Å²) >= 11 is 5.51. The average Bonchev–Trinajstić information content (AvgIpc) is 3.09. The molecule has 0 aliphatic carbocycles. The first-order valence-electron chi connectivity index (χ1n) is 11.0. The van der Waals surface area contributed by atoms with Crippen LogP contribution in [0.1, 0.15) is 18.9 Å². The minimum atomic E-state index is -3.52. The van der Waals surface area contributed by atoms with Gasteiger partial charge in [-0.05, 0) is 48.5 Å². The average molecular weight is 490 g/mol. The van der Waals surface area contributed by atoms with Gasteiger partial charge in [0.1, 0.15) is 5.82 Å². The van der Waals surface area contributed by atoms with Gasteiger partial charge in [0.05, 0.1) is 17.1 Å². The number of halogens is 1. The van der Waals surface area contributed by atoms with Crippen LogP contribution in [0.3, 0.4) is 0 Å². The molecule has 0 bridgehead atoms. The number of aromatic nitrogens is 3. The van der Waals surface area contributed by atoms with Gasteiger partial charge in [0, 0.05) is 33.2 Å². The lowest BCUT2D eigenvalue weighted by Gasteiger charge is -2.33. The summed E-state index contributed by atoms with van der Waals surface area (Å²) in [5, 5.41) is 4.54. The quantitative estimate of drug-likeness (QED) is 0.474. The molecule has 1 saturated heterocycles. The van der Waals surface area contributed by atoms with Gasteiger partial charge in [-0.25, -0.2) is 17.5 Å². The largest absolute Gasteiger partial charge is 0.303 e. The smallest absolute Gasteiger partial charge is 0.243 e. The lowest BCUT2D eigenvalue weighted by molar-refractivity contribution is 0.144. The third kappa shape index (κ3) is 4.93. The molecule has 33 heavy (non-hydrogen) atoms. The van der Waals surface area contributed by atoms with Crippen molar-refractivity contribution in [3.8, 4) is 11.4 Å². The molecule has 1 fully saturated rings. The molecule has 1 aromatic heterocycles. The van der Waals surface area contributed by atoms with E-state index < -0.39 is 10.0 Å². The van der Waals surface area contributed by atoms with Crippen LogP contribution in [0, 0.1) is 10.6 Å². The Morgan fingerprint density at radius 2 is 1.70 bits per heavy atom. The Morgan fingerprint density at radius 3 is 2.33 bits per heavy atom. The molecule has 0 saturated carbocycles. The van der Waals surface area contributed by atoms with Gasteiger partial charge in [0.25, 0.3) is 0 Å². The molecule has 0 amide bonds. The van der Waals surface area contributed by atoms with Crippen molar-refractivity contribution in [1.82, 2.24) is 23.6 Å². The SMILES string of the molecule is CCCc1ccc(S(=O)(=O)N2CCN(Cn3nc(-c4ccccc4F)n(C)c3=S)CC2)cc1. The summed E-state index contributed by atoms with van der Waals surface area (Å²) in [6, 6.07) is 13.7. The molecule has 0 spiro atoms.